The third-order valence-corrected chi connectivity index (χ3v) is 3.36. The lowest BCUT2D eigenvalue weighted by Crippen LogP contribution is -2.14. The zero-order chi connectivity index (χ0) is 11.6. The molecule has 1 rings (SSSR count). The van der Waals surface area contributed by atoms with E-state index < -0.39 is 19.0 Å². The molecule has 6 heteroatoms. The highest BCUT2D eigenvalue weighted by atomic mass is 32.1. The van der Waals surface area contributed by atoms with Crippen LogP contribution in [0.4, 0.5) is 13.9 Å². The van der Waals surface area contributed by atoms with Crippen molar-refractivity contribution in [1.29, 1.82) is 0 Å². The molecule has 15 heavy (non-hydrogen) atoms. The summed E-state index contributed by atoms with van der Waals surface area (Å²) in [6.07, 6.45) is -0.553. The molecule has 86 valence electrons. The molecule has 0 aromatic carbocycles. The van der Waals surface area contributed by atoms with E-state index in [1.807, 2.05) is 0 Å². The van der Waals surface area contributed by atoms with E-state index >= 15 is 0 Å². The van der Waals surface area contributed by atoms with Crippen LogP contribution in [0.2, 0.25) is 0 Å². The molecule has 0 radical (unpaired) electrons. The lowest BCUT2D eigenvalue weighted by molar-refractivity contribution is -0.0241. The largest absolute Gasteiger partial charge is 0.396 e. The first kappa shape index (κ1) is 12.3. The number of rotatable bonds is 4. The molecule has 1 N–H and O–H groups in total. The van der Waals surface area contributed by atoms with Gasteiger partial charge in [0, 0.05) is 27.1 Å². The summed E-state index contributed by atoms with van der Waals surface area (Å²) in [7, 11) is 3.51. The van der Waals surface area contributed by atoms with Crippen molar-refractivity contribution in [1.82, 2.24) is 4.98 Å². The van der Waals surface area contributed by atoms with Gasteiger partial charge in [0.15, 0.2) is 5.13 Å². The van der Waals surface area contributed by atoms with Gasteiger partial charge in [-0.05, 0) is 6.92 Å². The first-order chi connectivity index (χ1) is 6.88. The van der Waals surface area contributed by atoms with E-state index in [0.717, 1.165) is 11.3 Å². The Bertz CT molecular complexity index is 339. The highest BCUT2D eigenvalue weighted by Crippen LogP contribution is 2.39. The maximum absolute atomic E-state index is 13.5. The van der Waals surface area contributed by atoms with Gasteiger partial charge in [-0.2, -0.15) is 0 Å². The highest BCUT2D eigenvalue weighted by Gasteiger charge is 2.35. The number of hydrogen-bond acceptors (Lipinski definition) is 4. The summed E-state index contributed by atoms with van der Waals surface area (Å²) in [5.41, 5.74) is 0.335. The molecular formula is C9H14F2N2OS. The van der Waals surface area contributed by atoms with Crippen molar-refractivity contribution in [3.05, 3.63) is 10.6 Å². The summed E-state index contributed by atoms with van der Waals surface area (Å²) in [5, 5.41) is 9.12. The Morgan fingerprint density at radius 1 is 1.47 bits per heavy atom. The molecule has 0 aliphatic carbocycles. The number of hydrogen-bond donors (Lipinski definition) is 1. The van der Waals surface area contributed by atoms with Crippen molar-refractivity contribution < 1.29 is 13.9 Å². The van der Waals surface area contributed by atoms with Gasteiger partial charge in [-0.3, -0.25) is 0 Å². The SMILES string of the molecule is Cc1nc(N(C)C)sc1C(F)(F)CCO. The number of alkyl halides is 2. The average molecular weight is 236 g/mol. The van der Waals surface area contributed by atoms with Gasteiger partial charge >= 0.3 is 0 Å². The smallest absolute Gasteiger partial charge is 0.286 e. The predicted molar refractivity (Wildman–Crippen MR) is 56.8 cm³/mol. The number of aliphatic hydroxyl groups is 1. The standard InChI is InChI=1S/C9H14F2N2OS/c1-6-7(9(10,11)4-5-14)15-8(12-6)13(2)3/h14H,4-5H2,1-3H3. The number of thiazole rings is 1. The first-order valence-electron chi connectivity index (χ1n) is 4.52. The molecule has 0 bridgehead atoms. The van der Waals surface area contributed by atoms with Crippen LogP contribution in [0.15, 0.2) is 0 Å². The third kappa shape index (κ3) is 2.63. The number of aromatic nitrogens is 1. The van der Waals surface area contributed by atoms with Gasteiger partial charge in [0.05, 0.1) is 10.6 Å². The molecular weight excluding hydrogens is 222 g/mol. The zero-order valence-electron chi connectivity index (χ0n) is 8.92. The van der Waals surface area contributed by atoms with Gasteiger partial charge in [0.25, 0.3) is 5.92 Å². The van der Waals surface area contributed by atoms with Crippen LogP contribution < -0.4 is 4.90 Å². The number of anilines is 1. The van der Waals surface area contributed by atoms with Gasteiger partial charge in [-0.25, -0.2) is 13.8 Å². The fraction of sp³-hybridized carbons (Fsp3) is 0.667. The molecule has 0 spiro atoms. The first-order valence-corrected chi connectivity index (χ1v) is 5.34. The van der Waals surface area contributed by atoms with Gasteiger partial charge in [0.2, 0.25) is 0 Å². The molecule has 0 saturated carbocycles. The summed E-state index contributed by atoms with van der Waals surface area (Å²) in [4.78, 5) is 5.68. The van der Waals surface area contributed by atoms with Crippen molar-refractivity contribution >= 4 is 16.5 Å². The number of nitrogens with zero attached hydrogens (tertiary/aromatic N) is 2. The lowest BCUT2D eigenvalue weighted by Gasteiger charge is -2.13. The third-order valence-electron chi connectivity index (χ3n) is 1.93. The van der Waals surface area contributed by atoms with Gasteiger partial charge in [-0.1, -0.05) is 11.3 Å². The maximum atomic E-state index is 13.5. The minimum atomic E-state index is -2.98. The lowest BCUT2D eigenvalue weighted by atomic mass is 10.2. The number of halogens is 2. The van der Waals surface area contributed by atoms with Crippen molar-refractivity contribution in [2.24, 2.45) is 0 Å². The second kappa shape index (κ2) is 4.40. The summed E-state index contributed by atoms with van der Waals surface area (Å²) >= 11 is 0.968. The molecule has 1 heterocycles. The summed E-state index contributed by atoms with van der Waals surface area (Å²) in [6.45, 7) is 1.03. The topological polar surface area (TPSA) is 36.4 Å². The molecule has 3 nitrogen and oxygen atoms in total. The Kier molecular flexibility index (Phi) is 3.62. The normalized spacial score (nSPS) is 11.9. The molecule has 1 aromatic heterocycles. The van der Waals surface area contributed by atoms with Gasteiger partial charge in [0.1, 0.15) is 0 Å². The van der Waals surface area contributed by atoms with Crippen LogP contribution in [-0.2, 0) is 5.92 Å². The molecule has 0 unspecified atom stereocenters. The minimum absolute atomic E-state index is 0.0553. The number of aryl methyl sites for hydroxylation is 1. The fourth-order valence-electron chi connectivity index (χ4n) is 1.17. The van der Waals surface area contributed by atoms with Crippen LogP contribution in [0.5, 0.6) is 0 Å². The second-order valence-corrected chi connectivity index (χ2v) is 4.46. The van der Waals surface area contributed by atoms with Gasteiger partial charge < -0.3 is 10.0 Å². The van der Waals surface area contributed by atoms with Crippen molar-refractivity contribution in [3.63, 3.8) is 0 Å². The van der Waals surface area contributed by atoms with Crippen LogP contribution in [0, 0.1) is 6.92 Å². The molecule has 1 aromatic rings. The van der Waals surface area contributed by atoms with Crippen molar-refractivity contribution in [2.75, 3.05) is 25.6 Å². The zero-order valence-corrected chi connectivity index (χ0v) is 9.74. The summed E-state index contributed by atoms with van der Waals surface area (Å²) in [5.74, 6) is -2.98. The van der Waals surface area contributed by atoms with Crippen LogP contribution in [0.1, 0.15) is 17.0 Å². The highest BCUT2D eigenvalue weighted by molar-refractivity contribution is 7.15. The van der Waals surface area contributed by atoms with Crippen molar-refractivity contribution in [2.45, 2.75) is 19.3 Å². The molecule has 0 aliphatic heterocycles. The Labute approximate surface area is 91.4 Å². The number of aliphatic hydroxyl groups excluding tert-OH is 1. The van der Waals surface area contributed by atoms with E-state index in [1.165, 1.54) is 0 Å². The second-order valence-electron chi connectivity index (χ2n) is 3.48. The van der Waals surface area contributed by atoms with E-state index in [-0.39, 0.29) is 4.88 Å². The van der Waals surface area contributed by atoms with E-state index in [0.29, 0.717) is 10.8 Å². The van der Waals surface area contributed by atoms with Crippen molar-refractivity contribution in [3.8, 4) is 0 Å². The Morgan fingerprint density at radius 3 is 2.47 bits per heavy atom. The quantitative estimate of drug-likeness (QED) is 0.868. The van der Waals surface area contributed by atoms with E-state index in [4.69, 9.17) is 5.11 Å². The molecule has 0 atom stereocenters. The Morgan fingerprint density at radius 2 is 2.07 bits per heavy atom. The molecule has 0 amide bonds. The monoisotopic (exact) mass is 236 g/mol. The van der Waals surface area contributed by atoms with Crippen LogP contribution in [0.25, 0.3) is 0 Å². The van der Waals surface area contributed by atoms with Crippen LogP contribution in [0.3, 0.4) is 0 Å². The minimum Gasteiger partial charge on any atom is -0.396 e. The molecule has 0 aliphatic rings. The average Bonchev–Trinajstić information content (AvgIpc) is 2.47. The van der Waals surface area contributed by atoms with Crippen LogP contribution >= 0.6 is 11.3 Å². The fourth-order valence-corrected chi connectivity index (χ4v) is 2.16. The van der Waals surface area contributed by atoms with E-state index in [2.05, 4.69) is 4.98 Å². The Balaban J connectivity index is 3.03. The van der Waals surface area contributed by atoms with E-state index in [9.17, 15) is 8.78 Å². The maximum Gasteiger partial charge on any atom is 0.286 e. The Hall–Kier alpha value is -0.750. The summed E-state index contributed by atoms with van der Waals surface area (Å²) in [6, 6.07) is 0. The van der Waals surface area contributed by atoms with Crippen LogP contribution in [-0.4, -0.2) is 30.8 Å². The predicted octanol–water partition coefficient (Wildman–Crippen LogP) is 1.99. The molecule has 0 saturated heterocycles. The summed E-state index contributed by atoms with van der Waals surface area (Å²) < 4.78 is 27.0. The van der Waals surface area contributed by atoms with E-state index in [1.54, 1.807) is 25.9 Å². The van der Waals surface area contributed by atoms with Gasteiger partial charge in [-0.15, -0.1) is 0 Å². The molecule has 0 fully saturated rings.